The molecule has 3 spiro atoms. The average Bonchev–Trinajstić information content (AvgIpc) is 3.28. The molecule has 3 aliphatic heterocycles. The molecule has 3 heterocycles. The Balaban J connectivity index is 1.24. The molecule has 35 heavy (non-hydrogen) atoms. The molecule has 7 aliphatic rings. The van der Waals surface area contributed by atoms with Gasteiger partial charge < -0.3 is 14.2 Å². The number of esters is 2. The molecule has 7 fully saturated rings. The highest BCUT2D eigenvalue weighted by molar-refractivity contribution is 5.74. The van der Waals surface area contributed by atoms with Gasteiger partial charge in [-0.3, -0.25) is 9.59 Å². The molecule has 4 saturated carbocycles. The average molecular weight is 485 g/mol. The lowest BCUT2D eigenvalue weighted by molar-refractivity contribution is -0.276. The Morgan fingerprint density at radius 2 is 1.51 bits per heavy atom. The standard InChI is InChI=1S/C30H44O5/c1-17-13-30(14-18(2)24(32)35-30)33-19-15-27(6)21-8-7-20-25(3,4)34-22(31)9-10-28(20)16-29(21,28)12-11-26(27,5)23(17)19/h17-21,23H,7-16H2,1-6H3/t17?,18-,19?,20?,21?,23?,26-,27?,28-,29+,30+/m1/s1. The van der Waals surface area contributed by atoms with E-state index in [1.165, 1.54) is 32.1 Å². The van der Waals surface area contributed by atoms with Gasteiger partial charge in [0.25, 0.3) is 0 Å². The molecule has 0 bridgehead atoms. The highest BCUT2D eigenvalue weighted by Gasteiger charge is 2.83. The van der Waals surface area contributed by atoms with Gasteiger partial charge in [-0.1, -0.05) is 27.7 Å². The van der Waals surface area contributed by atoms with E-state index >= 15 is 0 Å². The fourth-order valence-corrected chi connectivity index (χ4v) is 12.2. The number of ether oxygens (including phenoxy) is 3. The fraction of sp³-hybridized carbons (Fsp3) is 0.933. The largest absolute Gasteiger partial charge is 0.459 e. The first-order chi connectivity index (χ1) is 16.3. The van der Waals surface area contributed by atoms with Crippen LogP contribution in [0.4, 0.5) is 0 Å². The number of hydrogen-bond donors (Lipinski definition) is 0. The molecule has 5 nitrogen and oxygen atoms in total. The molecular formula is C30H44O5. The van der Waals surface area contributed by atoms with Crippen molar-refractivity contribution in [1.82, 2.24) is 0 Å². The summed E-state index contributed by atoms with van der Waals surface area (Å²) in [5, 5.41) is 0. The van der Waals surface area contributed by atoms with Crippen molar-refractivity contribution in [2.75, 3.05) is 0 Å². The summed E-state index contributed by atoms with van der Waals surface area (Å²) >= 11 is 0. The van der Waals surface area contributed by atoms with Crippen molar-refractivity contribution < 1.29 is 23.8 Å². The van der Waals surface area contributed by atoms with Gasteiger partial charge in [0.2, 0.25) is 5.79 Å². The molecule has 3 saturated heterocycles. The Morgan fingerprint density at radius 1 is 0.800 bits per heavy atom. The predicted octanol–water partition coefficient (Wildman–Crippen LogP) is 6.04. The monoisotopic (exact) mass is 484 g/mol. The van der Waals surface area contributed by atoms with Crippen LogP contribution in [-0.2, 0) is 23.8 Å². The van der Waals surface area contributed by atoms with Crippen molar-refractivity contribution in [3.8, 4) is 0 Å². The molecule has 0 radical (unpaired) electrons. The summed E-state index contributed by atoms with van der Waals surface area (Å²) in [6, 6.07) is 0. The van der Waals surface area contributed by atoms with Gasteiger partial charge in [-0.2, -0.15) is 0 Å². The van der Waals surface area contributed by atoms with Gasteiger partial charge in [-0.15, -0.1) is 0 Å². The van der Waals surface area contributed by atoms with E-state index in [-0.39, 0.29) is 45.8 Å². The summed E-state index contributed by atoms with van der Waals surface area (Å²) in [7, 11) is 0. The zero-order valence-electron chi connectivity index (χ0n) is 22.6. The Morgan fingerprint density at radius 3 is 2.23 bits per heavy atom. The van der Waals surface area contributed by atoms with Crippen LogP contribution in [0.5, 0.6) is 0 Å². The van der Waals surface area contributed by atoms with Gasteiger partial charge in [0, 0.05) is 25.2 Å². The number of carbonyl (C=O) groups is 2. The van der Waals surface area contributed by atoms with Crippen molar-refractivity contribution in [2.45, 2.75) is 123 Å². The van der Waals surface area contributed by atoms with Gasteiger partial charge in [0.15, 0.2) is 0 Å². The number of rotatable bonds is 0. The fourth-order valence-electron chi connectivity index (χ4n) is 12.2. The Hall–Kier alpha value is -1.10. The number of hydrogen-bond acceptors (Lipinski definition) is 5. The zero-order valence-corrected chi connectivity index (χ0v) is 22.6. The molecule has 0 aromatic rings. The van der Waals surface area contributed by atoms with Crippen LogP contribution in [0.3, 0.4) is 0 Å². The molecular weight excluding hydrogens is 440 g/mol. The second-order valence-corrected chi connectivity index (χ2v) is 15.1. The number of fused-ring (bicyclic) bond motifs is 4. The third-order valence-corrected chi connectivity index (χ3v) is 13.4. The minimum Gasteiger partial charge on any atom is -0.459 e. The van der Waals surface area contributed by atoms with Crippen LogP contribution < -0.4 is 0 Å². The topological polar surface area (TPSA) is 61.8 Å². The van der Waals surface area contributed by atoms with E-state index in [0.717, 1.165) is 19.3 Å². The van der Waals surface area contributed by atoms with Crippen LogP contribution in [0.25, 0.3) is 0 Å². The summed E-state index contributed by atoms with van der Waals surface area (Å²) in [6.07, 6.45) is 10.6. The lowest BCUT2D eigenvalue weighted by Gasteiger charge is -2.61. The SMILES string of the molecule is CC1C[C@]2(C[C@@H](C)C(=O)O2)OC2CC3(C)C4CCC5C(C)(C)OC(=O)CC[C@@]56C[C@@]46CC[C@]3(C)C12. The third-order valence-electron chi connectivity index (χ3n) is 13.4. The second kappa shape index (κ2) is 6.48. The van der Waals surface area contributed by atoms with Crippen LogP contribution in [0.2, 0.25) is 0 Å². The van der Waals surface area contributed by atoms with Crippen molar-refractivity contribution in [2.24, 2.45) is 51.2 Å². The van der Waals surface area contributed by atoms with E-state index < -0.39 is 5.79 Å². The van der Waals surface area contributed by atoms with E-state index in [1.807, 2.05) is 6.92 Å². The summed E-state index contributed by atoms with van der Waals surface area (Å²) in [5.41, 5.74) is 0.725. The molecule has 0 aromatic heterocycles. The van der Waals surface area contributed by atoms with Crippen LogP contribution in [0.1, 0.15) is 106 Å². The summed E-state index contributed by atoms with van der Waals surface area (Å²) < 4.78 is 18.9. The quantitative estimate of drug-likeness (QED) is 0.393. The number of cyclic esters (lactones) is 1. The molecule has 7 rings (SSSR count). The minimum absolute atomic E-state index is 0.00369. The van der Waals surface area contributed by atoms with Gasteiger partial charge in [-0.25, -0.2) is 0 Å². The Bertz CT molecular complexity index is 1000. The molecule has 0 N–H and O–H groups in total. The van der Waals surface area contributed by atoms with E-state index in [2.05, 4.69) is 34.6 Å². The predicted molar refractivity (Wildman–Crippen MR) is 130 cm³/mol. The number of carbonyl (C=O) groups excluding carboxylic acids is 2. The molecule has 6 unspecified atom stereocenters. The maximum atomic E-state index is 12.6. The van der Waals surface area contributed by atoms with Crippen molar-refractivity contribution >= 4 is 11.9 Å². The van der Waals surface area contributed by atoms with Gasteiger partial charge >= 0.3 is 11.9 Å². The van der Waals surface area contributed by atoms with E-state index in [9.17, 15) is 9.59 Å². The van der Waals surface area contributed by atoms with E-state index in [1.54, 1.807) is 0 Å². The van der Waals surface area contributed by atoms with Gasteiger partial charge in [0.1, 0.15) is 5.60 Å². The van der Waals surface area contributed by atoms with Crippen LogP contribution in [0.15, 0.2) is 0 Å². The van der Waals surface area contributed by atoms with Crippen molar-refractivity contribution in [3.05, 3.63) is 0 Å². The lowest BCUT2D eigenvalue weighted by Crippen LogP contribution is -2.56. The van der Waals surface area contributed by atoms with Crippen LogP contribution in [-0.4, -0.2) is 29.4 Å². The first-order valence-electron chi connectivity index (χ1n) is 14.4. The molecule has 11 atom stereocenters. The molecule has 5 heteroatoms. The van der Waals surface area contributed by atoms with E-state index in [0.29, 0.717) is 41.9 Å². The summed E-state index contributed by atoms with van der Waals surface area (Å²) in [6.45, 7) is 13.9. The zero-order chi connectivity index (χ0) is 24.8. The highest BCUT2D eigenvalue weighted by Crippen LogP contribution is 2.88. The van der Waals surface area contributed by atoms with Crippen LogP contribution >= 0.6 is 0 Å². The summed E-state index contributed by atoms with van der Waals surface area (Å²) in [4.78, 5) is 24.9. The normalized spacial score (nSPS) is 59.8. The molecule has 4 aliphatic carbocycles. The third kappa shape index (κ3) is 2.55. The lowest BCUT2D eigenvalue weighted by atomic mass is 9.43. The highest BCUT2D eigenvalue weighted by atomic mass is 16.7. The minimum atomic E-state index is -0.698. The van der Waals surface area contributed by atoms with Crippen molar-refractivity contribution in [3.63, 3.8) is 0 Å². The van der Waals surface area contributed by atoms with Crippen LogP contribution in [0, 0.1) is 51.2 Å². The van der Waals surface area contributed by atoms with Crippen molar-refractivity contribution in [1.29, 1.82) is 0 Å². The molecule has 0 amide bonds. The first-order valence-corrected chi connectivity index (χ1v) is 14.4. The van der Waals surface area contributed by atoms with Gasteiger partial charge in [-0.05, 0) is 98.2 Å². The van der Waals surface area contributed by atoms with E-state index in [4.69, 9.17) is 14.2 Å². The van der Waals surface area contributed by atoms with Gasteiger partial charge in [0.05, 0.1) is 12.0 Å². The summed E-state index contributed by atoms with van der Waals surface area (Å²) in [5.74, 6) is 1.31. The molecule has 194 valence electrons. The maximum Gasteiger partial charge on any atom is 0.311 e. The second-order valence-electron chi connectivity index (χ2n) is 15.1. The Labute approximate surface area is 210 Å². The molecule has 0 aromatic carbocycles. The maximum absolute atomic E-state index is 12.6. The smallest absolute Gasteiger partial charge is 0.311 e. The first kappa shape index (κ1) is 23.0. The Kier molecular flexibility index (Phi) is 4.26.